The van der Waals surface area contributed by atoms with Gasteiger partial charge in [0.2, 0.25) is 5.76 Å². The van der Waals surface area contributed by atoms with Gasteiger partial charge in [0.25, 0.3) is 5.91 Å². The van der Waals surface area contributed by atoms with Crippen LogP contribution in [-0.2, 0) is 0 Å². The van der Waals surface area contributed by atoms with Crippen molar-refractivity contribution in [3.8, 4) is 0 Å². The van der Waals surface area contributed by atoms with Crippen molar-refractivity contribution >= 4 is 21.8 Å². The highest BCUT2D eigenvalue weighted by atomic mass is 79.9. The summed E-state index contributed by atoms with van der Waals surface area (Å²) in [7, 11) is 0. The number of amides is 1. The molecule has 0 spiro atoms. The first kappa shape index (κ1) is 13.2. The Hall–Kier alpha value is -0.840. The number of hydrogen-bond acceptors (Lipinski definition) is 3. The van der Waals surface area contributed by atoms with Crippen LogP contribution in [0.15, 0.2) is 10.6 Å². The van der Waals surface area contributed by atoms with Crippen molar-refractivity contribution in [2.75, 3.05) is 11.9 Å². The van der Waals surface area contributed by atoms with E-state index in [2.05, 4.69) is 21.1 Å². The van der Waals surface area contributed by atoms with Gasteiger partial charge in [-0.25, -0.2) is 0 Å². The van der Waals surface area contributed by atoms with E-state index in [4.69, 9.17) is 4.52 Å². The zero-order valence-corrected chi connectivity index (χ0v) is 11.5. The van der Waals surface area contributed by atoms with Crippen molar-refractivity contribution in [3.63, 3.8) is 0 Å². The van der Waals surface area contributed by atoms with Gasteiger partial charge in [-0.2, -0.15) is 0 Å². The predicted molar refractivity (Wildman–Crippen MR) is 65.8 cm³/mol. The van der Waals surface area contributed by atoms with Gasteiger partial charge in [-0.3, -0.25) is 4.79 Å². The number of rotatable bonds is 5. The van der Waals surface area contributed by atoms with Crippen molar-refractivity contribution in [1.29, 1.82) is 0 Å². The molecule has 0 aliphatic carbocycles. The second-order valence-corrected chi connectivity index (χ2v) is 4.76. The fraction of sp³-hybridized carbons (Fsp3) is 0.636. The van der Waals surface area contributed by atoms with Crippen LogP contribution >= 0.6 is 15.9 Å². The molecule has 0 bridgehead atoms. The van der Waals surface area contributed by atoms with Gasteiger partial charge < -0.3 is 9.42 Å². The zero-order valence-electron chi connectivity index (χ0n) is 9.86. The van der Waals surface area contributed by atoms with Crippen molar-refractivity contribution in [1.82, 2.24) is 10.1 Å². The second kappa shape index (κ2) is 6.03. The monoisotopic (exact) mass is 288 g/mol. The van der Waals surface area contributed by atoms with E-state index in [1.807, 2.05) is 13.8 Å². The van der Waals surface area contributed by atoms with Crippen LogP contribution in [0.5, 0.6) is 0 Å². The third-order valence-corrected chi connectivity index (χ3v) is 2.82. The topological polar surface area (TPSA) is 46.3 Å². The van der Waals surface area contributed by atoms with Crippen LogP contribution in [0.25, 0.3) is 0 Å². The lowest BCUT2D eigenvalue weighted by molar-refractivity contribution is 0.0664. The highest BCUT2D eigenvalue weighted by molar-refractivity contribution is 9.09. The Kier molecular flexibility index (Phi) is 4.99. The van der Waals surface area contributed by atoms with Gasteiger partial charge in [0, 0.05) is 24.0 Å². The Morgan fingerprint density at radius 2 is 2.31 bits per heavy atom. The van der Waals surface area contributed by atoms with Crippen molar-refractivity contribution in [3.05, 3.63) is 17.5 Å². The van der Waals surface area contributed by atoms with Gasteiger partial charge in [-0.1, -0.05) is 21.1 Å². The molecule has 1 rings (SSSR count). The molecule has 1 heterocycles. The second-order valence-electron chi connectivity index (χ2n) is 3.97. The molecule has 4 nitrogen and oxygen atoms in total. The first-order chi connectivity index (χ1) is 7.56. The van der Waals surface area contributed by atoms with E-state index in [1.54, 1.807) is 17.9 Å². The number of halogens is 1. The van der Waals surface area contributed by atoms with Crippen LogP contribution in [0.2, 0.25) is 0 Å². The molecule has 0 unspecified atom stereocenters. The van der Waals surface area contributed by atoms with E-state index in [0.29, 0.717) is 5.76 Å². The fourth-order valence-corrected chi connectivity index (χ4v) is 1.68. The molecule has 1 aromatic heterocycles. The third kappa shape index (κ3) is 3.33. The van der Waals surface area contributed by atoms with E-state index in [0.717, 1.165) is 24.0 Å². The molecule has 16 heavy (non-hydrogen) atoms. The molecule has 0 aromatic carbocycles. The Labute approximate surface area is 104 Å². The number of carbonyl (C=O) groups is 1. The van der Waals surface area contributed by atoms with E-state index < -0.39 is 0 Å². The number of alkyl halides is 1. The lowest BCUT2D eigenvalue weighted by Gasteiger charge is -2.25. The van der Waals surface area contributed by atoms with E-state index in [9.17, 15) is 4.79 Å². The molecule has 0 radical (unpaired) electrons. The predicted octanol–water partition coefficient (Wildman–Crippen LogP) is 2.62. The van der Waals surface area contributed by atoms with Crippen LogP contribution < -0.4 is 0 Å². The van der Waals surface area contributed by atoms with E-state index in [-0.39, 0.29) is 11.9 Å². The summed E-state index contributed by atoms with van der Waals surface area (Å²) in [5, 5.41) is 4.62. The number of carbonyl (C=O) groups excluding carboxylic acids is 1. The summed E-state index contributed by atoms with van der Waals surface area (Å²) in [6, 6.07) is 1.84. The Bertz CT molecular complexity index is 350. The maximum absolute atomic E-state index is 12.1. The summed E-state index contributed by atoms with van der Waals surface area (Å²) in [5.41, 5.74) is 0.729. The first-order valence-corrected chi connectivity index (χ1v) is 6.48. The Morgan fingerprint density at radius 3 is 2.75 bits per heavy atom. The molecular formula is C11H17BrN2O2. The molecule has 0 fully saturated rings. The molecular weight excluding hydrogens is 272 g/mol. The van der Waals surface area contributed by atoms with Crippen LogP contribution in [0.4, 0.5) is 0 Å². The largest absolute Gasteiger partial charge is 0.351 e. The molecule has 5 heteroatoms. The fourth-order valence-electron chi connectivity index (χ4n) is 1.43. The Morgan fingerprint density at radius 1 is 1.62 bits per heavy atom. The summed E-state index contributed by atoms with van der Waals surface area (Å²) >= 11 is 3.36. The van der Waals surface area contributed by atoms with Crippen LogP contribution in [0.1, 0.15) is 36.5 Å². The molecule has 0 aliphatic rings. The number of hydrogen-bond donors (Lipinski definition) is 0. The van der Waals surface area contributed by atoms with E-state index >= 15 is 0 Å². The smallest absolute Gasteiger partial charge is 0.292 e. The van der Waals surface area contributed by atoms with Gasteiger partial charge in [-0.05, 0) is 27.2 Å². The summed E-state index contributed by atoms with van der Waals surface area (Å²) in [4.78, 5) is 13.9. The molecule has 1 amide bonds. The SMILES string of the molecule is Cc1cc(C(=O)N(CCCBr)C(C)C)on1. The minimum atomic E-state index is -0.0865. The van der Waals surface area contributed by atoms with Gasteiger partial charge in [-0.15, -0.1) is 0 Å². The molecule has 0 aliphatic heterocycles. The number of aromatic nitrogens is 1. The van der Waals surface area contributed by atoms with Crippen LogP contribution in [0, 0.1) is 6.92 Å². The van der Waals surface area contributed by atoms with Crippen molar-refractivity contribution in [2.45, 2.75) is 33.2 Å². The van der Waals surface area contributed by atoms with Gasteiger partial charge in [0.15, 0.2) is 0 Å². The molecule has 0 saturated heterocycles. The standard InChI is InChI=1S/C11H17BrN2O2/c1-8(2)14(6-4-5-12)11(15)10-7-9(3)13-16-10/h7-8H,4-6H2,1-3H3. The molecule has 90 valence electrons. The lowest BCUT2D eigenvalue weighted by Crippen LogP contribution is -2.37. The maximum Gasteiger partial charge on any atom is 0.292 e. The van der Waals surface area contributed by atoms with Gasteiger partial charge in [0.1, 0.15) is 0 Å². The van der Waals surface area contributed by atoms with Crippen LogP contribution in [-0.4, -0.2) is 33.9 Å². The van der Waals surface area contributed by atoms with Crippen molar-refractivity contribution < 1.29 is 9.32 Å². The Balaban J connectivity index is 2.74. The minimum absolute atomic E-state index is 0.0865. The first-order valence-electron chi connectivity index (χ1n) is 5.36. The molecule has 1 aromatic rings. The summed E-state index contributed by atoms with van der Waals surface area (Å²) in [5.74, 6) is 0.234. The third-order valence-electron chi connectivity index (χ3n) is 2.26. The summed E-state index contributed by atoms with van der Waals surface area (Å²) in [6.07, 6.45) is 0.928. The quantitative estimate of drug-likeness (QED) is 0.783. The highest BCUT2D eigenvalue weighted by Gasteiger charge is 2.21. The summed E-state index contributed by atoms with van der Waals surface area (Å²) in [6.45, 7) is 6.52. The maximum atomic E-state index is 12.1. The average Bonchev–Trinajstić information content (AvgIpc) is 2.64. The zero-order chi connectivity index (χ0) is 12.1. The molecule has 0 atom stereocenters. The molecule has 0 saturated carbocycles. The van der Waals surface area contributed by atoms with Crippen LogP contribution in [0.3, 0.4) is 0 Å². The molecule has 0 N–H and O–H groups in total. The van der Waals surface area contributed by atoms with Crippen molar-refractivity contribution in [2.24, 2.45) is 0 Å². The lowest BCUT2D eigenvalue weighted by atomic mass is 10.2. The summed E-state index contributed by atoms with van der Waals surface area (Å²) < 4.78 is 4.98. The number of nitrogens with zero attached hydrogens (tertiary/aromatic N) is 2. The number of aryl methyl sites for hydroxylation is 1. The normalized spacial score (nSPS) is 10.8. The van der Waals surface area contributed by atoms with Gasteiger partial charge >= 0.3 is 0 Å². The highest BCUT2D eigenvalue weighted by Crippen LogP contribution is 2.10. The minimum Gasteiger partial charge on any atom is -0.351 e. The average molecular weight is 289 g/mol. The van der Waals surface area contributed by atoms with Gasteiger partial charge in [0.05, 0.1) is 5.69 Å². The van der Waals surface area contributed by atoms with E-state index in [1.165, 1.54) is 0 Å².